The molecule has 0 radical (unpaired) electrons. The van der Waals surface area contributed by atoms with Gasteiger partial charge < -0.3 is 13.3 Å². The standard InChI is InChI=1S/C47H30N2OS.2C43H26N2OS/c1-47(2)38-24-29(17-19-32(38)33-20-18-30(25-39(33)47)31-8-7-23-48-26-31)27-13-15-28(16-14-27)43-42-36-10-3-5-11-40(36)50-45(42)37-22-21-35-34-9-4-6-12-41(34)51-46(35)44(37)49-43;1-43(2)34-20-24(23-44)14-16-28(34)29-17-15-26(22-35(29)43)25-8-7-9-27(21-25)39-38-32-11-3-5-12-36(32)46-41(38)33-19-18-31-30-10-4-6-13-37(30)47-42(31)40(33)45-39;1-43(2)34-21-24(23-44)11-17-28(34)29-18-16-27(22-35(29)43)25-12-14-26(15-13-25)39-38-32-8-3-5-9-36(32)46-41(38)33-20-19-31-30-7-4-6-10-37(30)47-42(31)40(33)45-39/h3-26H,1-2H3;2*3-22H,1-2H3. The van der Waals surface area contributed by atoms with Gasteiger partial charge in [0, 0.05) is 124 Å². The number of furan rings is 3. The molecule has 0 saturated carbocycles. The molecule has 0 fully saturated rings. The summed E-state index contributed by atoms with van der Waals surface area (Å²) in [5.74, 6) is 0. The van der Waals surface area contributed by atoms with E-state index in [0.717, 1.165) is 155 Å². The topological polar surface area (TPSA) is 139 Å². The summed E-state index contributed by atoms with van der Waals surface area (Å²) >= 11 is 5.40. The Morgan fingerprint density at radius 1 is 0.234 bits per heavy atom. The van der Waals surface area contributed by atoms with Gasteiger partial charge >= 0.3 is 0 Å². The Balaban J connectivity index is 0.000000103. The molecule has 0 unspecified atom stereocenters. The summed E-state index contributed by atoms with van der Waals surface area (Å²) in [5.41, 5.74) is 39.8. The highest BCUT2D eigenvalue weighted by atomic mass is 32.1. The monoisotopic (exact) mass is 1910 g/mol. The van der Waals surface area contributed by atoms with Crippen molar-refractivity contribution in [3.8, 4) is 124 Å². The molecule has 28 aromatic rings. The predicted molar refractivity (Wildman–Crippen MR) is 604 cm³/mol. The van der Waals surface area contributed by atoms with Crippen molar-refractivity contribution in [1.29, 1.82) is 10.5 Å². The number of hydrogen-bond donors (Lipinski definition) is 0. The van der Waals surface area contributed by atoms with E-state index in [9.17, 15) is 10.5 Å². The van der Waals surface area contributed by atoms with Gasteiger partial charge in [0.05, 0.1) is 87.2 Å². The molecular weight excluding hydrogens is 1830 g/mol. The van der Waals surface area contributed by atoms with Gasteiger partial charge in [-0.15, -0.1) is 34.0 Å². The van der Waals surface area contributed by atoms with Gasteiger partial charge in [-0.1, -0.05) is 302 Å². The van der Waals surface area contributed by atoms with Gasteiger partial charge in [-0.25, -0.2) is 15.0 Å². The number of pyridine rings is 4. The molecule has 0 aliphatic heterocycles. The van der Waals surface area contributed by atoms with Crippen LogP contribution in [0.5, 0.6) is 0 Å². The molecular formula is C133H82N6O3S3. The maximum absolute atomic E-state index is 9.56. The van der Waals surface area contributed by atoms with Crippen LogP contribution in [0.1, 0.15) is 86.1 Å². The smallest absolute Gasteiger partial charge is 0.147 e. The Labute approximate surface area is 844 Å². The second-order valence-corrected chi connectivity index (χ2v) is 43.4. The molecule has 3 aliphatic rings. The summed E-state index contributed by atoms with van der Waals surface area (Å²) in [6.45, 7) is 13.7. The van der Waals surface area contributed by atoms with Crippen molar-refractivity contribution in [3.05, 3.63) is 433 Å². The van der Waals surface area contributed by atoms with Crippen LogP contribution < -0.4 is 0 Å². The Bertz CT molecular complexity index is 10600. The van der Waals surface area contributed by atoms with Crippen molar-refractivity contribution in [1.82, 2.24) is 19.9 Å². The van der Waals surface area contributed by atoms with Gasteiger partial charge in [-0.05, 0) is 227 Å². The Morgan fingerprint density at radius 3 is 0.876 bits per heavy atom. The van der Waals surface area contributed by atoms with Crippen LogP contribution in [0.3, 0.4) is 0 Å². The highest BCUT2D eigenvalue weighted by Crippen LogP contribution is 2.57. The summed E-state index contributed by atoms with van der Waals surface area (Å²) in [7, 11) is 0. The molecule has 0 amide bonds. The lowest BCUT2D eigenvalue weighted by Gasteiger charge is -2.22. The van der Waals surface area contributed by atoms with Crippen LogP contribution in [-0.4, -0.2) is 19.9 Å². The molecule has 145 heavy (non-hydrogen) atoms. The minimum absolute atomic E-state index is 0.125. The van der Waals surface area contributed by atoms with E-state index in [4.69, 9.17) is 28.2 Å². The van der Waals surface area contributed by atoms with Gasteiger partial charge in [0.1, 0.15) is 33.5 Å². The Hall–Kier alpha value is -17.6. The number of aromatic nitrogens is 4. The molecule has 12 heteroatoms. The number of rotatable bonds is 7. The normalized spacial score (nSPS) is 13.5. The highest BCUT2D eigenvalue weighted by Gasteiger charge is 2.40. The number of nitriles is 2. The van der Waals surface area contributed by atoms with Crippen LogP contribution in [0.15, 0.2) is 402 Å². The first-order valence-corrected chi connectivity index (χ1v) is 51.5. The highest BCUT2D eigenvalue weighted by molar-refractivity contribution is 7.27. The average Bonchev–Trinajstić information content (AvgIpc) is 1.57. The van der Waals surface area contributed by atoms with Crippen LogP contribution in [0, 0.1) is 22.7 Å². The molecule has 680 valence electrons. The zero-order valence-corrected chi connectivity index (χ0v) is 82.0. The summed E-state index contributed by atoms with van der Waals surface area (Å²) in [6, 6.07) is 139. The molecule has 3 aliphatic carbocycles. The zero-order valence-electron chi connectivity index (χ0n) is 79.6. The van der Waals surface area contributed by atoms with E-state index in [1.165, 1.54) is 150 Å². The quantitative estimate of drug-likeness (QED) is 0.153. The van der Waals surface area contributed by atoms with Gasteiger partial charge in [0.15, 0.2) is 0 Å². The van der Waals surface area contributed by atoms with Crippen LogP contribution in [0.2, 0.25) is 0 Å². The number of hydrogen-bond acceptors (Lipinski definition) is 12. The Kier molecular flexibility index (Phi) is 18.4. The van der Waals surface area contributed by atoms with Gasteiger partial charge in [0.2, 0.25) is 0 Å². The first-order valence-electron chi connectivity index (χ1n) is 49.1. The Morgan fingerprint density at radius 2 is 0.517 bits per heavy atom. The van der Waals surface area contributed by atoms with Crippen molar-refractivity contribution in [2.75, 3.05) is 0 Å². The molecule has 0 spiro atoms. The van der Waals surface area contributed by atoms with Crippen LogP contribution >= 0.6 is 34.0 Å². The maximum atomic E-state index is 9.56. The molecule has 0 bridgehead atoms. The van der Waals surface area contributed by atoms with Gasteiger partial charge in [0.25, 0.3) is 0 Å². The molecule has 10 heterocycles. The van der Waals surface area contributed by atoms with Crippen molar-refractivity contribution >= 4 is 193 Å². The molecule has 9 nitrogen and oxygen atoms in total. The lowest BCUT2D eigenvalue weighted by atomic mass is 9.81. The molecule has 31 rings (SSSR count). The van der Waals surface area contributed by atoms with Crippen molar-refractivity contribution in [2.45, 2.75) is 57.8 Å². The molecule has 0 saturated heterocycles. The molecule has 0 N–H and O–H groups in total. The second-order valence-electron chi connectivity index (χ2n) is 40.2. The SMILES string of the molecule is CC1(C)c2cc(-c3ccc(-c4nc5c(ccc6c7ccccc7sc65)c5oc6ccccc6c45)cc3)ccc2-c2ccc(-c3cccnc3)cc21.CC1(C)c2cc(C#N)ccc2-c2ccc(-c3ccc(-c4nc5c(ccc6c7ccccc7sc65)c5oc6ccccc6c45)cc3)cc21.CC1(C)c2cc(C#N)ccc2-c2ccc(-c3cccc(-c4nc5c(ccc6c7ccccc7sc65)c5oc6ccccc6c45)c3)cc21. The van der Waals surface area contributed by atoms with Crippen LogP contribution in [0.4, 0.5) is 0 Å². The third-order valence-electron chi connectivity index (χ3n) is 31.2. The average molecular weight is 1910 g/mol. The largest absolute Gasteiger partial charge is 0.455 e. The fourth-order valence-corrected chi connectivity index (χ4v) is 27.4. The minimum Gasteiger partial charge on any atom is -0.455 e. The molecule has 18 aromatic carbocycles. The first-order chi connectivity index (χ1) is 71.0. The van der Waals surface area contributed by atoms with Crippen molar-refractivity contribution < 1.29 is 13.3 Å². The van der Waals surface area contributed by atoms with Crippen molar-refractivity contribution in [3.63, 3.8) is 0 Å². The second kappa shape index (κ2) is 31.7. The molecule has 0 atom stereocenters. The fourth-order valence-electron chi connectivity index (χ4n) is 23.8. The van der Waals surface area contributed by atoms with Crippen LogP contribution in [0.25, 0.3) is 271 Å². The zero-order chi connectivity index (χ0) is 96.7. The summed E-state index contributed by atoms with van der Waals surface area (Å²) in [5, 5.41) is 36.1. The lowest BCUT2D eigenvalue weighted by Crippen LogP contribution is -2.15. The van der Waals surface area contributed by atoms with Gasteiger partial charge in [-0.3, -0.25) is 4.98 Å². The predicted octanol–water partition coefficient (Wildman–Crippen LogP) is 37.2. The fraction of sp³-hybridized carbons (Fsp3) is 0.0677. The summed E-state index contributed by atoms with van der Waals surface area (Å²) in [6.07, 6.45) is 3.77. The van der Waals surface area contributed by atoms with E-state index < -0.39 is 0 Å². The third-order valence-corrected chi connectivity index (χ3v) is 34.8. The lowest BCUT2D eigenvalue weighted by molar-refractivity contribution is 0.660. The van der Waals surface area contributed by atoms with E-state index >= 15 is 0 Å². The minimum atomic E-state index is -0.206. The number of para-hydroxylation sites is 3. The third kappa shape index (κ3) is 12.8. The van der Waals surface area contributed by atoms with E-state index in [1.54, 1.807) is 22.7 Å². The van der Waals surface area contributed by atoms with E-state index in [-0.39, 0.29) is 16.2 Å². The summed E-state index contributed by atoms with van der Waals surface area (Å²) in [4.78, 5) is 20.8. The number of nitrogens with zero attached hydrogens (tertiary/aromatic N) is 6. The van der Waals surface area contributed by atoms with Crippen molar-refractivity contribution in [2.24, 2.45) is 0 Å². The number of thiophene rings is 3. The van der Waals surface area contributed by atoms with Crippen LogP contribution in [-0.2, 0) is 16.2 Å². The number of fused-ring (bicyclic) bond motifs is 36. The number of benzene rings is 18. The molecule has 10 aromatic heterocycles. The van der Waals surface area contributed by atoms with E-state index in [1.807, 2.05) is 78.3 Å². The maximum Gasteiger partial charge on any atom is 0.147 e. The van der Waals surface area contributed by atoms with Gasteiger partial charge in [-0.2, -0.15) is 10.5 Å². The van der Waals surface area contributed by atoms with E-state index in [2.05, 4.69) is 380 Å². The summed E-state index contributed by atoms with van der Waals surface area (Å²) < 4.78 is 27.2. The van der Waals surface area contributed by atoms with E-state index in [0.29, 0.717) is 11.1 Å². The first kappa shape index (κ1) is 84.3.